The fraction of sp³-hybridized carbons (Fsp3) is 0.500. The second kappa shape index (κ2) is 4.98. The zero-order valence-electron chi connectivity index (χ0n) is 11.2. The van der Waals surface area contributed by atoms with Gasteiger partial charge in [0.1, 0.15) is 5.75 Å². The van der Waals surface area contributed by atoms with E-state index in [0.717, 1.165) is 25.1 Å². The topological polar surface area (TPSA) is 43.8 Å². The number of aromatic hydroxyl groups is 1. The van der Waals surface area contributed by atoms with Crippen LogP contribution in [0.4, 0.5) is 0 Å². The molecule has 1 fully saturated rings. The van der Waals surface area contributed by atoms with E-state index in [-0.39, 0.29) is 11.7 Å². The van der Waals surface area contributed by atoms with Gasteiger partial charge in [0, 0.05) is 24.7 Å². The van der Waals surface area contributed by atoms with Gasteiger partial charge < -0.3 is 14.9 Å². The molecule has 0 bridgehead atoms. The highest BCUT2D eigenvalue weighted by Gasteiger charge is 2.28. The van der Waals surface area contributed by atoms with Crippen LogP contribution in [0, 0.1) is 6.92 Å². The van der Waals surface area contributed by atoms with Crippen LogP contribution in [-0.2, 0) is 0 Å². The molecule has 1 amide bonds. The fourth-order valence-electron chi connectivity index (χ4n) is 2.32. The van der Waals surface area contributed by atoms with Crippen LogP contribution in [0.15, 0.2) is 18.2 Å². The normalized spacial score (nSPS) is 19.6. The number of rotatable bonds is 2. The first-order valence-electron chi connectivity index (χ1n) is 6.24. The van der Waals surface area contributed by atoms with Gasteiger partial charge in [-0.2, -0.15) is 0 Å². The highest BCUT2D eigenvalue weighted by atomic mass is 16.3. The number of phenols is 1. The van der Waals surface area contributed by atoms with Crippen LogP contribution in [0.1, 0.15) is 22.3 Å². The lowest BCUT2D eigenvalue weighted by molar-refractivity contribution is 0.0783. The molecule has 1 aromatic carbocycles. The Labute approximate surface area is 108 Å². The van der Waals surface area contributed by atoms with Gasteiger partial charge in [-0.25, -0.2) is 0 Å². The van der Waals surface area contributed by atoms with E-state index in [1.165, 1.54) is 0 Å². The van der Waals surface area contributed by atoms with Crippen LogP contribution in [0.3, 0.4) is 0 Å². The van der Waals surface area contributed by atoms with Crippen LogP contribution in [0.25, 0.3) is 0 Å². The summed E-state index contributed by atoms with van der Waals surface area (Å²) in [5.74, 6) is 0.293. The predicted octanol–water partition coefficient (Wildman–Crippen LogP) is 1.48. The van der Waals surface area contributed by atoms with Crippen LogP contribution < -0.4 is 0 Å². The zero-order chi connectivity index (χ0) is 13.3. The van der Waals surface area contributed by atoms with Gasteiger partial charge in [-0.3, -0.25) is 4.79 Å². The Hall–Kier alpha value is -1.55. The van der Waals surface area contributed by atoms with E-state index in [4.69, 9.17) is 0 Å². The zero-order valence-corrected chi connectivity index (χ0v) is 11.2. The van der Waals surface area contributed by atoms with Crippen molar-refractivity contribution in [2.45, 2.75) is 19.4 Å². The third-order valence-electron chi connectivity index (χ3n) is 3.62. The lowest BCUT2D eigenvalue weighted by Gasteiger charge is -2.20. The standard InChI is InChI=1S/C14H20N2O2/c1-10-8-11(4-5-13(10)17)14(18)16-7-6-12(9-16)15(2)3/h4-5,8,12,17H,6-7,9H2,1-3H3. The smallest absolute Gasteiger partial charge is 0.253 e. The lowest BCUT2D eigenvalue weighted by Crippen LogP contribution is -2.34. The van der Waals surface area contributed by atoms with Gasteiger partial charge in [0.25, 0.3) is 5.91 Å². The Morgan fingerprint density at radius 1 is 1.44 bits per heavy atom. The molecule has 98 valence electrons. The van der Waals surface area contributed by atoms with E-state index in [0.29, 0.717) is 11.6 Å². The van der Waals surface area contributed by atoms with Gasteiger partial charge >= 0.3 is 0 Å². The molecule has 4 nitrogen and oxygen atoms in total. The van der Waals surface area contributed by atoms with E-state index in [1.54, 1.807) is 25.1 Å². The summed E-state index contributed by atoms with van der Waals surface area (Å²) in [6.07, 6.45) is 1.02. The Morgan fingerprint density at radius 3 is 2.72 bits per heavy atom. The van der Waals surface area contributed by atoms with E-state index < -0.39 is 0 Å². The summed E-state index contributed by atoms with van der Waals surface area (Å²) in [7, 11) is 4.09. The summed E-state index contributed by atoms with van der Waals surface area (Å²) < 4.78 is 0. The molecule has 1 aliphatic rings. The van der Waals surface area contributed by atoms with Crippen LogP contribution in [0.5, 0.6) is 5.75 Å². The van der Waals surface area contributed by atoms with Crippen LogP contribution >= 0.6 is 0 Å². The molecule has 0 radical (unpaired) electrons. The molecule has 1 unspecified atom stereocenters. The molecule has 0 saturated carbocycles. The molecule has 18 heavy (non-hydrogen) atoms. The maximum Gasteiger partial charge on any atom is 0.253 e. The first kappa shape index (κ1) is 12.9. The molecule has 0 aliphatic carbocycles. The number of carbonyl (C=O) groups excluding carboxylic acids is 1. The van der Waals surface area contributed by atoms with Crippen molar-refractivity contribution in [3.63, 3.8) is 0 Å². The summed E-state index contributed by atoms with van der Waals surface area (Å²) in [5, 5.41) is 9.47. The Balaban J connectivity index is 2.10. The van der Waals surface area contributed by atoms with Gasteiger partial charge in [0.05, 0.1) is 0 Å². The largest absolute Gasteiger partial charge is 0.508 e. The number of aryl methyl sites for hydroxylation is 1. The minimum atomic E-state index is 0.0578. The first-order chi connectivity index (χ1) is 8.49. The van der Waals surface area contributed by atoms with Crippen molar-refractivity contribution < 1.29 is 9.90 Å². The van der Waals surface area contributed by atoms with Crippen molar-refractivity contribution in [1.29, 1.82) is 0 Å². The molecule has 2 rings (SSSR count). The van der Waals surface area contributed by atoms with E-state index in [9.17, 15) is 9.90 Å². The Bertz CT molecular complexity index is 457. The van der Waals surface area contributed by atoms with Gasteiger partial charge in [0.2, 0.25) is 0 Å². The second-order valence-electron chi connectivity index (χ2n) is 5.16. The molecule has 1 atom stereocenters. The molecular weight excluding hydrogens is 228 g/mol. The van der Waals surface area contributed by atoms with Gasteiger partial charge in [-0.05, 0) is 51.2 Å². The predicted molar refractivity (Wildman–Crippen MR) is 70.8 cm³/mol. The SMILES string of the molecule is Cc1cc(C(=O)N2CCC(N(C)C)C2)ccc1O. The van der Waals surface area contributed by atoms with Gasteiger partial charge in [-0.15, -0.1) is 0 Å². The van der Waals surface area contributed by atoms with Crippen molar-refractivity contribution in [2.75, 3.05) is 27.2 Å². The number of carbonyl (C=O) groups is 1. The third kappa shape index (κ3) is 2.48. The molecular formula is C14H20N2O2. The first-order valence-corrected chi connectivity index (χ1v) is 6.24. The number of likely N-dealkylation sites (tertiary alicyclic amines) is 1. The molecule has 1 saturated heterocycles. The number of hydrogen-bond donors (Lipinski definition) is 1. The van der Waals surface area contributed by atoms with E-state index >= 15 is 0 Å². The monoisotopic (exact) mass is 248 g/mol. The number of phenolic OH excluding ortho intramolecular Hbond substituents is 1. The Kier molecular flexibility index (Phi) is 3.57. The maximum atomic E-state index is 12.3. The lowest BCUT2D eigenvalue weighted by atomic mass is 10.1. The highest BCUT2D eigenvalue weighted by Crippen LogP contribution is 2.20. The molecule has 4 heteroatoms. The Morgan fingerprint density at radius 2 is 2.17 bits per heavy atom. The minimum Gasteiger partial charge on any atom is -0.508 e. The molecule has 0 aromatic heterocycles. The number of likely N-dealkylation sites (N-methyl/N-ethyl adjacent to an activating group) is 1. The maximum absolute atomic E-state index is 12.3. The van der Waals surface area contributed by atoms with E-state index in [1.807, 2.05) is 19.0 Å². The van der Waals surface area contributed by atoms with Crippen molar-refractivity contribution in [2.24, 2.45) is 0 Å². The van der Waals surface area contributed by atoms with Crippen molar-refractivity contribution in [3.8, 4) is 5.75 Å². The summed E-state index contributed by atoms with van der Waals surface area (Å²) >= 11 is 0. The van der Waals surface area contributed by atoms with Gasteiger partial charge in [-0.1, -0.05) is 0 Å². The minimum absolute atomic E-state index is 0.0578. The quantitative estimate of drug-likeness (QED) is 0.862. The summed E-state index contributed by atoms with van der Waals surface area (Å²) in [4.78, 5) is 16.4. The summed E-state index contributed by atoms with van der Waals surface area (Å²) in [6, 6.07) is 5.48. The van der Waals surface area contributed by atoms with Crippen molar-refractivity contribution in [3.05, 3.63) is 29.3 Å². The average Bonchev–Trinajstić information content (AvgIpc) is 2.81. The highest BCUT2D eigenvalue weighted by molar-refractivity contribution is 5.94. The number of benzene rings is 1. The van der Waals surface area contributed by atoms with Crippen molar-refractivity contribution >= 4 is 5.91 Å². The number of amides is 1. The molecule has 1 aromatic rings. The third-order valence-corrected chi connectivity index (χ3v) is 3.62. The molecule has 1 aliphatic heterocycles. The fourth-order valence-corrected chi connectivity index (χ4v) is 2.32. The summed E-state index contributed by atoms with van der Waals surface area (Å²) in [5.41, 5.74) is 1.40. The van der Waals surface area contributed by atoms with Crippen LogP contribution in [0.2, 0.25) is 0 Å². The number of hydrogen-bond acceptors (Lipinski definition) is 3. The summed E-state index contributed by atoms with van der Waals surface area (Å²) in [6.45, 7) is 3.39. The van der Waals surface area contributed by atoms with Crippen molar-refractivity contribution in [1.82, 2.24) is 9.80 Å². The van der Waals surface area contributed by atoms with Gasteiger partial charge in [0.15, 0.2) is 0 Å². The van der Waals surface area contributed by atoms with E-state index in [2.05, 4.69) is 4.90 Å². The van der Waals surface area contributed by atoms with Crippen LogP contribution in [-0.4, -0.2) is 54.0 Å². The second-order valence-corrected chi connectivity index (χ2v) is 5.16. The number of nitrogens with zero attached hydrogens (tertiary/aromatic N) is 2. The molecule has 1 N–H and O–H groups in total. The average molecular weight is 248 g/mol. The molecule has 1 heterocycles. The molecule has 0 spiro atoms.